The fourth-order valence-corrected chi connectivity index (χ4v) is 3.86. The molecule has 1 aliphatic rings. The number of halogens is 1. The smallest absolute Gasteiger partial charge is 0.231 e. The lowest BCUT2D eigenvalue weighted by Crippen LogP contribution is -2.33. The van der Waals surface area contributed by atoms with Crippen LogP contribution in [0.3, 0.4) is 0 Å². The van der Waals surface area contributed by atoms with Gasteiger partial charge in [-0.05, 0) is 36.2 Å². The fraction of sp³-hybridized carbons (Fsp3) is 0.278. The number of anilines is 1. The second-order valence-electron chi connectivity index (χ2n) is 5.53. The average Bonchev–Trinajstić information content (AvgIpc) is 2.68. The number of rotatable bonds is 2. The lowest BCUT2D eigenvalue weighted by atomic mass is 10.1. The molecule has 0 aliphatic carbocycles. The normalized spacial score (nSPS) is 17.7. The van der Waals surface area contributed by atoms with E-state index in [0.29, 0.717) is 16.7 Å². The summed E-state index contributed by atoms with van der Waals surface area (Å²) in [6.07, 6.45) is 1.41. The maximum atomic E-state index is 12.8. The highest BCUT2D eigenvalue weighted by Crippen LogP contribution is 2.37. The van der Waals surface area contributed by atoms with Gasteiger partial charge in [0.25, 0.3) is 0 Å². The van der Waals surface area contributed by atoms with Gasteiger partial charge in [0.15, 0.2) is 0 Å². The summed E-state index contributed by atoms with van der Waals surface area (Å²) in [4.78, 5) is 15.9. The Morgan fingerprint density at radius 2 is 1.95 bits per heavy atom. The van der Waals surface area contributed by atoms with Crippen molar-refractivity contribution >= 4 is 35.0 Å². The van der Waals surface area contributed by atoms with Gasteiger partial charge in [0.2, 0.25) is 5.91 Å². The number of hydrogen-bond acceptors (Lipinski definition) is 2. The van der Waals surface area contributed by atoms with Crippen LogP contribution in [0.25, 0.3) is 0 Å². The van der Waals surface area contributed by atoms with Gasteiger partial charge in [0.05, 0.1) is 12.1 Å². The van der Waals surface area contributed by atoms with Gasteiger partial charge in [-0.2, -0.15) is 0 Å². The maximum Gasteiger partial charge on any atom is 0.231 e. The zero-order valence-electron chi connectivity index (χ0n) is 12.5. The van der Waals surface area contributed by atoms with Crippen LogP contribution in [0.2, 0.25) is 5.02 Å². The van der Waals surface area contributed by atoms with Crippen molar-refractivity contribution in [1.29, 1.82) is 0 Å². The van der Waals surface area contributed by atoms with Crippen LogP contribution in [0.4, 0.5) is 5.69 Å². The molecule has 1 amide bonds. The van der Waals surface area contributed by atoms with Gasteiger partial charge in [0, 0.05) is 21.7 Å². The third kappa shape index (κ3) is 3.47. The molecule has 1 heterocycles. The van der Waals surface area contributed by atoms with Gasteiger partial charge < -0.3 is 4.90 Å². The molecule has 2 aromatic rings. The topological polar surface area (TPSA) is 20.3 Å². The van der Waals surface area contributed by atoms with E-state index < -0.39 is 0 Å². The standard InChI is InChI=1S/C18H18ClNOS/c1-13-10-11-20(16-4-2-3-5-17(16)22-13)18(21)12-14-6-8-15(19)9-7-14/h2-9,13H,10-12H2,1H3/t13-/m1/s1. The lowest BCUT2D eigenvalue weighted by Gasteiger charge is -2.22. The first kappa shape index (κ1) is 15.4. The molecule has 22 heavy (non-hydrogen) atoms. The van der Waals surface area contributed by atoms with Crippen molar-refractivity contribution in [2.24, 2.45) is 0 Å². The molecule has 1 atom stereocenters. The van der Waals surface area contributed by atoms with Crippen molar-refractivity contribution < 1.29 is 4.79 Å². The van der Waals surface area contributed by atoms with Crippen LogP contribution in [-0.2, 0) is 11.2 Å². The third-order valence-corrected chi connectivity index (χ3v) is 5.30. The largest absolute Gasteiger partial charge is 0.311 e. The van der Waals surface area contributed by atoms with Crippen molar-refractivity contribution in [3.63, 3.8) is 0 Å². The third-order valence-electron chi connectivity index (χ3n) is 3.81. The molecule has 0 saturated carbocycles. The average molecular weight is 332 g/mol. The SMILES string of the molecule is C[C@@H]1CCN(C(=O)Cc2ccc(Cl)cc2)c2ccccc2S1. The summed E-state index contributed by atoms with van der Waals surface area (Å²) in [5.74, 6) is 0.143. The Bertz CT molecular complexity index is 671. The van der Waals surface area contributed by atoms with Crippen molar-refractivity contribution in [3.8, 4) is 0 Å². The first-order valence-electron chi connectivity index (χ1n) is 7.44. The van der Waals surface area contributed by atoms with E-state index in [2.05, 4.69) is 13.0 Å². The quantitative estimate of drug-likeness (QED) is 0.787. The van der Waals surface area contributed by atoms with E-state index in [-0.39, 0.29) is 5.91 Å². The molecule has 0 spiro atoms. The Morgan fingerprint density at radius 3 is 2.73 bits per heavy atom. The molecule has 0 saturated heterocycles. The molecule has 2 nitrogen and oxygen atoms in total. The van der Waals surface area contributed by atoms with Crippen LogP contribution in [0.5, 0.6) is 0 Å². The predicted octanol–water partition coefficient (Wildman–Crippen LogP) is 4.80. The Balaban J connectivity index is 1.84. The summed E-state index contributed by atoms with van der Waals surface area (Å²) in [5, 5.41) is 1.22. The zero-order chi connectivity index (χ0) is 15.5. The molecule has 1 aliphatic heterocycles. The summed E-state index contributed by atoms with van der Waals surface area (Å²) >= 11 is 7.75. The minimum Gasteiger partial charge on any atom is -0.311 e. The van der Waals surface area contributed by atoms with E-state index in [1.54, 1.807) is 0 Å². The molecule has 3 rings (SSSR count). The number of carbonyl (C=O) groups is 1. The Kier molecular flexibility index (Phi) is 4.74. The summed E-state index contributed by atoms with van der Waals surface area (Å²) in [5.41, 5.74) is 2.03. The Hall–Kier alpha value is -1.45. The van der Waals surface area contributed by atoms with Crippen LogP contribution in [-0.4, -0.2) is 17.7 Å². The summed E-state index contributed by atoms with van der Waals surface area (Å²) in [7, 11) is 0. The highest BCUT2D eigenvalue weighted by Gasteiger charge is 2.23. The van der Waals surface area contributed by atoms with Crippen LogP contribution >= 0.6 is 23.4 Å². The van der Waals surface area contributed by atoms with Gasteiger partial charge in [-0.1, -0.05) is 42.8 Å². The van der Waals surface area contributed by atoms with Crippen LogP contribution in [0, 0.1) is 0 Å². The van der Waals surface area contributed by atoms with Gasteiger partial charge in [0.1, 0.15) is 0 Å². The monoisotopic (exact) mass is 331 g/mol. The molecular weight excluding hydrogens is 314 g/mol. The number of nitrogens with zero attached hydrogens (tertiary/aromatic N) is 1. The number of thioether (sulfide) groups is 1. The van der Waals surface area contributed by atoms with E-state index in [0.717, 1.165) is 24.2 Å². The molecule has 0 radical (unpaired) electrons. The highest BCUT2D eigenvalue weighted by molar-refractivity contribution is 8.00. The minimum atomic E-state index is 0.143. The number of para-hydroxylation sites is 1. The van der Waals surface area contributed by atoms with E-state index in [1.165, 1.54) is 4.90 Å². The van der Waals surface area contributed by atoms with E-state index in [1.807, 2.05) is 59.1 Å². The highest BCUT2D eigenvalue weighted by atomic mass is 35.5. The molecular formula is C18H18ClNOS. The van der Waals surface area contributed by atoms with E-state index in [4.69, 9.17) is 11.6 Å². The van der Waals surface area contributed by atoms with Gasteiger partial charge in [-0.3, -0.25) is 4.79 Å². The van der Waals surface area contributed by atoms with Crippen molar-refractivity contribution in [3.05, 3.63) is 59.1 Å². The second-order valence-corrected chi connectivity index (χ2v) is 7.45. The number of carbonyl (C=O) groups excluding carboxylic acids is 1. The lowest BCUT2D eigenvalue weighted by molar-refractivity contribution is -0.118. The molecule has 0 aromatic heterocycles. The Labute approximate surface area is 140 Å². The van der Waals surface area contributed by atoms with Crippen LogP contribution in [0.15, 0.2) is 53.4 Å². The number of amides is 1. The number of fused-ring (bicyclic) bond motifs is 1. The van der Waals surface area contributed by atoms with Crippen LogP contribution in [0.1, 0.15) is 18.9 Å². The number of benzene rings is 2. The molecule has 114 valence electrons. The first-order chi connectivity index (χ1) is 10.6. The second kappa shape index (κ2) is 6.76. The van der Waals surface area contributed by atoms with Crippen molar-refractivity contribution in [2.45, 2.75) is 29.9 Å². The molecule has 4 heteroatoms. The van der Waals surface area contributed by atoms with Gasteiger partial charge >= 0.3 is 0 Å². The van der Waals surface area contributed by atoms with Crippen LogP contribution < -0.4 is 4.90 Å². The first-order valence-corrected chi connectivity index (χ1v) is 8.70. The van der Waals surface area contributed by atoms with Gasteiger partial charge in [-0.25, -0.2) is 0 Å². The summed E-state index contributed by atoms with van der Waals surface area (Å²) in [6, 6.07) is 15.7. The maximum absolute atomic E-state index is 12.8. The van der Waals surface area contributed by atoms with Crippen molar-refractivity contribution in [2.75, 3.05) is 11.4 Å². The molecule has 0 bridgehead atoms. The molecule has 2 aromatic carbocycles. The molecule has 0 fully saturated rings. The van der Waals surface area contributed by atoms with Gasteiger partial charge in [-0.15, -0.1) is 11.8 Å². The fourth-order valence-electron chi connectivity index (χ4n) is 2.62. The van der Waals surface area contributed by atoms with Crippen molar-refractivity contribution in [1.82, 2.24) is 0 Å². The molecule has 0 unspecified atom stereocenters. The summed E-state index contributed by atoms with van der Waals surface area (Å²) in [6.45, 7) is 2.99. The van der Waals surface area contributed by atoms with E-state index >= 15 is 0 Å². The number of hydrogen-bond donors (Lipinski definition) is 0. The predicted molar refractivity (Wildman–Crippen MR) is 93.9 cm³/mol. The summed E-state index contributed by atoms with van der Waals surface area (Å²) < 4.78 is 0. The van der Waals surface area contributed by atoms with E-state index in [9.17, 15) is 4.79 Å². The zero-order valence-corrected chi connectivity index (χ0v) is 14.0. The molecule has 0 N–H and O–H groups in total. The Morgan fingerprint density at radius 1 is 1.23 bits per heavy atom. The minimum absolute atomic E-state index is 0.143.